The number of amides is 1. The molecule has 5 heteroatoms. The van der Waals surface area contributed by atoms with Crippen LogP contribution in [-0.2, 0) is 0 Å². The highest BCUT2D eigenvalue weighted by Crippen LogP contribution is 2.25. The molecule has 0 spiro atoms. The molecule has 0 fully saturated rings. The van der Waals surface area contributed by atoms with E-state index >= 15 is 0 Å². The maximum Gasteiger partial charge on any atom is 0.255 e. The first-order valence-corrected chi connectivity index (χ1v) is 7.00. The second-order valence-corrected chi connectivity index (χ2v) is 4.84. The molecular formula is C17H16ClNO3. The lowest BCUT2D eigenvalue weighted by molar-refractivity contribution is 0.102. The SMILES string of the molecule is C=CCOc1cccc(NC(=O)c2ccc(OC)c(Cl)c2)c1. The number of anilines is 1. The molecule has 0 radical (unpaired) electrons. The zero-order valence-electron chi connectivity index (χ0n) is 12.1. The van der Waals surface area contributed by atoms with E-state index in [-0.39, 0.29) is 5.91 Å². The van der Waals surface area contributed by atoms with Gasteiger partial charge in [0.15, 0.2) is 0 Å². The van der Waals surface area contributed by atoms with Crippen LogP contribution in [0.1, 0.15) is 10.4 Å². The standard InChI is InChI=1S/C17H16ClNO3/c1-3-9-22-14-6-4-5-13(11-14)19-17(20)12-7-8-16(21-2)15(18)10-12/h3-8,10-11H,1,9H2,2H3,(H,19,20). The molecule has 114 valence electrons. The summed E-state index contributed by atoms with van der Waals surface area (Å²) >= 11 is 6.02. The Hall–Kier alpha value is -2.46. The van der Waals surface area contributed by atoms with Crippen LogP contribution in [0.4, 0.5) is 5.69 Å². The Labute approximate surface area is 134 Å². The highest BCUT2D eigenvalue weighted by atomic mass is 35.5. The lowest BCUT2D eigenvalue weighted by Gasteiger charge is -2.09. The Kier molecular flexibility index (Phi) is 5.44. The minimum atomic E-state index is -0.259. The molecule has 0 bridgehead atoms. The van der Waals surface area contributed by atoms with Crippen LogP contribution in [0, 0.1) is 0 Å². The summed E-state index contributed by atoms with van der Waals surface area (Å²) in [6.07, 6.45) is 1.66. The van der Waals surface area contributed by atoms with Crippen molar-refractivity contribution in [3.8, 4) is 11.5 Å². The van der Waals surface area contributed by atoms with E-state index < -0.39 is 0 Å². The average molecular weight is 318 g/mol. The number of halogens is 1. The molecule has 0 saturated heterocycles. The summed E-state index contributed by atoms with van der Waals surface area (Å²) in [6.45, 7) is 4.00. The molecule has 0 aliphatic rings. The lowest BCUT2D eigenvalue weighted by atomic mass is 10.2. The van der Waals surface area contributed by atoms with E-state index in [0.717, 1.165) is 0 Å². The van der Waals surface area contributed by atoms with E-state index in [1.807, 2.05) is 6.07 Å². The Morgan fingerprint density at radius 3 is 2.82 bits per heavy atom. The average Bonchev–Trinajstić information content (AvgIpc) is 2.53. The fourth-order valence-corrected chi connectivity index (χ4v) is 2.09. The van der Waals surface area contributed by atoms with Gasteiger partial charge in [-0.15, -0.1) is 0 Å². The van der Waals surface area contributed by atoms with Crippen molar-refractivity contribution >= 4 is 23.2 Å². The molecule has 0 aliphatic heterocycles. The molecule has 0 aliphatic carbocycles. The molecule has 2 rings (SSSR count). The van der Waals surface area contributed by atoms with Gasteiger partial charge in [-0.05, 0) is 30.3 Å². The first-order chi connectivity index (χ1) is 10.6. The van der Waals surface area contributed by atoms with Gasteiger partial charge in [0.2, 0.25) is 0 Å². The highest BCUT2D eigenvalue weighted by molar-refractivity contribution is 6.32. The number of hydrogen-bond acceptors (Lipinski definition) is 3. The van der Waals surface area contributed by atoms with E-state index in [1.54, 1.807) is 42.5 Å². The molecule has 1 N–H and O–H groups in total. The third kappa shape index (κ3) is 4.02. The van der Waals surface area contributed by atoms with E-state index in [9.17, 15) is 4.79 Å². The van der Waals surface area contributed by atoms with Gasteiger partial charge in [-0.3, -0.25) is 4.79 Å². The largest absolute Gasteiger partial charge is 0.495 e. The van der Waals surface area contributed by atoms with E-state index in [4.69, 9.17) is 21.1 Å². The van der Waals surface area contributed by atoms with Crippen molar-refractivity contribution in [2.45, 2.75) is 0 Å². The first-order valence-electron chi connectivity index (χ1n) is 6.62. The number of carbonyl (C=O) groups is 1. The summed E-state index contributed by atoms with van der Waals surface area (Å²) in [6, 6.07) is 12.0. The fourth-order valence-electron chi connectivity index (χ4n) is 1.83. The second kappa shape index (κ2) is 7.52. The zero-order chi connectivity index (χ0) is 15.9. The summed E-state index contributed by atoms with van der Waals surface area (Å²) in [7, 11) is 1.52. The Morgan fingerprint density at radius 1 is 1.32 bits per heavy atom. The van der Waals surface area contributed by atoms with Crippen molar-refractivity contribution in [1.82, 2.24) is 0 Å². The number of methoxy groups -OCH3 is 1. The van der Waals surface area contributed by atoms with E-state index in [2.05, 4.69) is 11.9 Å². The Bertz CT molecular complexity index is 685. The number of nitrogens with one attached hydrogen (secondary N) is 1. The smallest absolute Gasteiger partial charge is 0.255 e. The van der Waals surface area contributed by atoms with Gasteiger partial charge in [0.05, 0.1) is 12.1 Å². The molecule has 0 atom stereocenters. The van der Waals surface area contributed by atoms with E-state index in [0.29, 0.717) is 34.4 Å². The fraction of sp³-hybridized carbons (Fsp3) is 0.118. The lowest BCUT2D eigenvalue weighted by Crippen LogP contribution is -2.12. The Balaban J connectivity index is 2.11. The normalized spacial score (nSPS) is 9.91. The quantitative estimate of drug-likeness (QED) is 0.814. The van der Waals surface area contributed by atoms with Gasteiger partial charge in [0, 0.05) is 17.3 Å². The summed E-state index contributed by atoms with van der Waals surface area (Å²) < 4.78 is 10.5. The third-order valence-corrected chi connectivity index (χ3v) is 3.17. The van der Waals surface area contributed by atoms with Gasteiger partial charge in [0.25, 0.3) is 5.91 Å². The van der Waals surface area contributed by atoms with E-state index in [1.165, 1.54) is 7.11 Å². The summed E-state index contributed by atoms with van der Waals surface area (Å²) in [5, 5.41) is 3.18. The molecule has 2 aromatic carbocycles. The molecule has 0 unspecified atom stereocenters. The van der Waals surface area contributed by atoms with Crippen LogP contribution in [0.3, 0.4) is 0 Å². The van der Waals surface area contributed by atoms with Crippen molar-refractivity contribution in [2.24, 2.45) is 0 Å². The molecule has 0 aromatic heterocycles. The summed E-state index contributed by atoms with van der Waals surface area (Å²) in [5.74, 6) is 0.925. The molecule has 1 amide bonds. The number of carbonyl (C=O) groups excluding carboxylic acids is 1. The summed E-state index contributed by atoms with van der Waals surface area (Å²) in [5.41, 5.74) is 1.08. The highest BCUT2D eigenvalue weighted by Gasteiger charge is 2.09. The van der Waals surface area contributed by atoms with Gasteiger partial charge in [-0.2, -0.15) is 0 Å². The zero-order valence-corrected chi connectivity index (χ0v) is 12.9. The molecule has 4 nitrogen and oxygen atoms in total. The molecule has 0 heterocycles. The minimum Gasteiger partial charge on any atom is -0.495 e. The predicted octanol–water partition coefficient (Wildman–Crippen LogP) is 4.17. The molecule has 2 aromatic rings. The Morgan fingerprint density at radius 2 is 2.14 bits per heavy atom. The maximum absolute atomic E-state index is 12.2. The second-order valence-electron chi connectivity index (χ2n) is 4.43. The first kappa shape index (κ1) is 15.9. The van der Waals surface area contributed by atoms with Gasteiger partial charge >= 0.3 is 0 Å². The topological polar surface area (TPSA) is 47.6 Å². The van der Waals surface area contributed by atoms with Crippen molar-refractivity contribution < 1.29 is 14.3 Å². The molecular weight excluding hydrogens is 302 g/mol. The van der Waals surface area contributed by atoms with Crippen molar-refractivity contribution in [3.05, 3.63) is 65.7 Å². The van der Waals surface area contributed by atoms with Gasteiger partial charge < -0.3 is 14.8 Å². The van der Waals surface area contributed by atoms with Crippen LogP contribution in [0.25, 0.3) is 0 Å². The third-order valence-electron chi connectivity index (χ3n) is 2.87. The minimum absolute atomic E-state index is 0.259. The van der Waals surface area contributed by atoms with Crippen molar-refractivity contribution in [1.29, 1.82) is 0 Å². The number of rotatable bonds is 6. The van der Waals surface area contributed by atoms with Crippen LogP contribution in [0.15, 0.2) is 55.1 Å². The molecule has 22 heavy (non-hydrogen) atoms. The van der Waals surface area contributed by atoms with Crippen molar-refractivity contribution in [3.63, 3.8) is 0 Å². The van der Waals surface area contributed by atoms with Gasteiger partial charge in [0.1, 0.15) is 18.1 Å². The molecule has 0 saturated carbocycles. The summed E-state index contributed by atoms with van der Waals surface area (Å²) in [4.78, 5) is 12.2. The van der Waals surface area contributed by atoms with Gasteiger partial charge in [-0.25, -0.2) is 0 Å². The monoisotopic (exact) mass is 317 g/mol. The number of benzene rings is 2. The number of ether oxygens (including phenoxy) is 2. The van der Waals surface area contributed by atoms with Crippen LogP contribution < -0.4 is 14.8 Å². The van der Waals surface area contributed by atoms with Crippen LogP contribution in [0.2, 0.25) is 5.02 Å². The predicted molar refractivity (Wildman–Crippen MR) is 88.1 cm³/mol. The van der Waals surface area contributed by atoms with Crippen LogP contribution in [0.5, 0.6) is 11.5 Å². The van der Waals surface area contributed by atoms with Crippen molar-refractivity contribution in [2.75, 3.05) is 19.0 Å². The van der Waals surface area contributed by atoms with Crippen LogP contribution in [-0.4, -0.2) is 19.6 Å². The maximum atomic E-state index is 12.2. The number of hydrogen-bond donors (Lipinski definition) is 1. The van der Waals surface area contributed by atoms with Crippen LogP contribution >= 0.6 is 11.6 Å². The van der Waals surface area contributed by atoms with Gasteiger partial charge in [-0.1, -0.05) is 30.3 Å².